The summed E-state index contributed by atoms with van der Waals surface area (Å²) in [7, 11) is 0. The second-order valence-electron chi connectivity index (χ2n) is 6.07. The van der Waals surface area contributed by atoms with Crippen LogP contribution in [0.1, 0.15) is 0 Å². The second-order valence-corrected chi connectivity index (χ2v) is 6.07. The Hall–Kier alpha value is -0.620. The van der Waals surface area contributed by atoms with Gasteiger partial charge in [0, 0.05) is 5.92 Å². The molecule has 0 saturated carbocycles. The van der Waals surface area contributed by atoms with Crippen molar-refractivity contribution < 1.29 is 44.5 Å². The summed E-state index contributed by atoms with van der Waals surface area (Å²) in [6.45, 7) is 2.24. The van der Waals surface area contributed by atoms with Crippen molar-refractivity contribution in [2.75, 3.05) is 26.4 Å². The number of hydrogen-bond acceptors (Lipinski definition) is 9. The van der Waals surface area contributed by atoms with Gasteiger partial charge in [-0.25, -0.2) is 0 Å². The van der Waals surface area contributed by atoms with Crippen LogP contribution in [0.2, 0.25) is 0 Å². The zero-order chi connectivity index (χ0) is 16.8. The number of rotatable bonds is 3. The van der Waals surface area contributed by atoms with Crippen molar-refractivity contribution in [2.24, 2.45) is 5.92 Å². The summed E-state index contributed by atoms with van der Waals surface area (Å²) in [6.07, 6.45) is -4.37. The second kappa shape index (κ2) is 6.03. The lowest BCUT2D eigenvalue weighted by molar-refractivity contribution is -0.439. The van der Waals surface area contributed by atoms with Gasteiger partial charge >= 0.3 is 0 Å². The molecule has 0 aromatic rings. The van der Waals surface area contributed by atoms with Gasteiger partial charge in [0.25, 0.3) is 0 Å². The first-order valence-electron chi connectivity index (χ1n) is 7.45. The zero-order valence-corrected chi connectivity index (χ0v) is 12.4. The quantitative estimate of drug-likeness (QED) is 0.344. The van der Waals surface area contributed by atoms with E-state index in [0.717, 1.165) is 0 Å². The molecule has 5 N–H and O–H groups in total. The highest BCUT2D eigenvalue weighted by molar-refractivity contribution is 5.08. The molecule has 3 aliphatic rings. The van der Waals surface area contributed by atoms with Crippen molar-refractivity contribution in [3.8, 4) is 0 Å². The summed E-state index contributed by atoms with van der Waals surface area (Å²) in [5, 5.41) is 48.9. The molecule has 0 aliphatic carbocycles. The van der Waals surface area contributed by atoms with Crippen LogP contribution in [0.4, 0.5) is 0 Å². The van der Waals surface area contributed by atoms with Gasteiger partial charge in [0.15, 0.2) is 0 Å². The molecule has 9 nitrogen and oxygen atoms in total. The van der Waals surface area contributed by atoms with Gasteiger partial charge in [-0.2, -0.15) is 0 Å². The van der Waals surface area contributed by atoms with Crippen molar-refractivity contribution in [3.05, 3.63) is 12.7 Å². The third-order valence-corrected chi connectivity index (χ3v) is 4.75. The van der Waals surface area contributed by atoms with Crippen LogP contribution in [0, 0.1) is 5.92 Å². The van der Waals surface area contributed by atoms with E-state index < -0.39 is 54.6 Å². The molecule has 3 rings (SSSR count). The molecule has 9 heteroatoms. The van der Waals surface area contributed by atoms with E-state index in [0.29, 0.717) is 0 Å². The van der Waals surface area contributed by atoms with E-state index in [1.54, 1.807) is 0 Å². The van der Waals surface area contributed by atoms with Gasteiger partial charge < -0.3 is 44.5 Å². The van der Waals surface area contributed by atoms with Crippen LogP contribution in [0.3, 0.4) is 0 Å². The van der Waals surface area contributed by atoms with E-state index in [1.807, 2.05) is 0 Å². The van der Waals surface area contributed by atoms with Gasteiger partial charge in [-0.15, -0.1) is 6.58 Å². The largest absolute Gasteiger partial charge is 0.394 e. The molecule has 0 unspecified atom stereocenters. The monoisotopic (exact) mass is 334 g/mol. The maximum absolute atomic E-state index is 10.3. The molecule has 132 valence electrons. The van der Waals surface area contributed by atoms with E-state index in [9.17, 15) is 25.5 Å². The fourth-order valence-corrected chi connectivity index (χ4v) is 3.37. The third kappa shape index (κ3) is 2.44. The number of aliphatic hydroxyl groups excluding tert-OH is 5. The Morgan fingerprint density at radius 2 is 1.87 bits per heavy atom. The lowest BCUT2D eigenvalue weighted by Crippen LogP contribution is -2.70. The van der Waals surface area contributed by atoms with Crippen molar-refractivity contribution in [1.29, 1.82) is 0 Å². The standard InChI is InChI=1S/C14H22O9/c1-2-7-9(3-15)22-13(5-16)12(7)23-14(6-21-13)11(19)10(18)8(17)4-20-14/h2,7-12,15-19H,1,3-6H2/t7-,8-,9-,10-,11+,12+,13-,14+/m1/s1. The summed E-state index contributed by atoms with van der Waals surface area (Å²) >= 11 is 0. The Kier molecular flexibility index (Phi) is 4.51. The van der Waals surface area contributed by atoms with Crippen molar-refractivity contribution >= 4 is 0 Å². The minimum Gasteiger partial charge on any atom is -0.394 e. The van der Waals surface area contributed by atoms with Gasteiger partial charge in [0.05, 0.1) is 25.9 Å². The predicted molar refractivity (Wildman–Crippen MR) is 73.0 cm³/mol. The maximum Gasteiger partial charge on any atom is 0.222 e. The molecule has 0 aromatic heterocycles. The molecule has 8 atom stereocenters. The van der Waals surface area contributed by atoms with E-state index >= 15 is 0 Å². The maximum atomic E-state index is 10.3. The van der Waals surface area contributed by atoms with Crippen LogP contribution in [0.15, 0.2) is 12.7 Å². The molecule has 3 fully saturated rings. The Labute approximate surface area is 132 Å². The Morgan fingerprint density at radius 1 is 1.13 bits per heavy atom. The molecule has 23 heavy (non-hydrogen) atoms. The van der Waals surface area contributed by atoms with Gasteiger partial charge in [0.1, 0.15) is 31.0 Å². The molecule has 3 saturated heterocycles. The summed E-state index contributed by atoms with van der Waals surface area (Å²) in [4.78, 5) is 0. The minimum absolute atomic E-state index is 0.247. The predicted octanol–water partition coefficient (Wildman–Crippen LogP) is -2.91. The van der Waals surface area contributed by atoms with Crippen LogP contribution in [-0.4, -0.2) is 94.1 Å². The van der Waals surface area contributed by atoms with E-state index in [4.69, 9.17) is 18.9 Å². The van der Waals surface area contributed by atoms with Crippen molar-refractivity contribution in [2.45, 2.75) is 42.1 Å². The molecule has 0 amide bonds. The summed E-state index contributed by atoms with van der Waals surface area (Å²) in [6, 6.07) is 0. The molecule has 3 aliphatic heterocycles. The topological polar surface area (TPSA) is 138 Å². The highest BCUT2D eigenvalue weighted by atomic mass is 16.8. The number of aliphatic hydroxyl groups is 5. The smallest absolute Gasteiger partial charge is 0.222 e. The van der Waals surface area contributed by atoms with Crippen LogP contribution < -0.4 is 0 Å². The van der Waals surface area contributed by atoms with Gasteiger partial charge in [-0.05, 0) is 0 Å². The lowest BCUT2D eigenvalue weighted by Gasteiger charge is -2.52. The van der Waals surface area contributed by atoms with E-state index in [-0.39, 0.29) is 19.8 Å². The molecule has 0 bridgehead atoms. The fourth-order valence-electron chi connectivity index (χ4n) is 3.37. The Balaban J connectivity index is 1.89. The molecule has 1 spiro atoms. The zero-order valence-electron chi connectivity index (χ0n) is 12.4. The van der Waals surface area contributed by atoms with Gasteiger partial charge in [-0.1, -0.05) is 6.08 Å². The number of ether oxygens (including phenoxy) is 4. The fraction of sp³-hybridized carbons (Fsp3) is 0.857. The normalized spacial score (nSPS) is 53.3. The van der Waals surface area contributed by atoms with E-state index in [2.05, 4.69) is 6.58 Å². The first kappa shape index (κ1) is 17.2. The van der Waals surface area contributed by atoms with Crippen LogP contribution in [-0.2, 0) is 18.9 Å². The first-order valence-corrected chi connectivity index (χ1v) is 7.45. The average Bonchev–Trinajstić information content (AvgIpc) is 2.90. The number of hydrogen-bond donors (Lipinski definition) is 5. The molecular weight excluding hydrogens is 312 g/mol. The van der Waals surface area contributed by atoms with E-state index in [1.165, 1.54) is 6.08 Å². The lowest BCUT2D eigenvalue weighted by atomic mass is 9.90. The van der Waals surface area contributed by atoms with Gasteiger partial charge in [-0.3, -0.25) is 0 Å². The van der Waals surface area contributed by atoms with Crippen LogP contribution >= 0.6 is 0 Å². The first-order chi connectivity index (χ1) is 10.9. The van der Waals surface area contributed by atoms with Gasteiger partial charge in [0.2, 0.25) is 11.6 Å². The highest BCUT2D eigenvalue weighted by Gasteiger charge is 2.65. The summed E-state index contributed by atoms with van der Waals surface area (Å²) < 4.78 is 22.5. The Bertz CT molecular complexity index is 460. The molecule has 0 aromatic carbocycles. The van der Waals surface area contributed by atoms with Crippen molar-refractivity contribution in [3.63, 3.8) is 0 Å². The number of fused-ring (bicyclic) bond motifs is 1. The SMILES string of the molecule is C=C[C@@H]1[C@@H](CO)O[C@@]2(CO)OC[C@]3(OC[C@@H](O)[C@@H](O)[C@@H]3O)O[C@@H]12. The Morgan fingerprint density at radius 3 is 2.48 bits per heavy atom. The minimum atomic E-state index is -1.70. The van der Waals surface area contributed by atoms with Crippen LogP contribution in [0.5, 0.6) is 0 Å². The average molecular weight is 334 g/mol. The molecular formula is C14H22O9. The third-order valence-electron chi connectivity index (χ3n) is 4.75. The molecule has 3 heterocycles. The van der Waals surface area contributed by atoms with Crippen molar-refractivity contribution in [1.82, 2.24) is 0 Å². The van der Waals surface area contributed by atoms with Crippen LogP contribution in [0.25, 0.3) is 0 Å². The molecule has 0 radical (unpaired) electrons. The highest BCUT2D eigenvalue weighted by Crippen LogP contribution is 2.46. The summed E-state index contributed by atoms with van der Waals surface area (Å²) in [5.74, 6) is -3.73. The summed E-state index contributed by atoms with van der Waals surface area (Å²) in [5.41, 5.74) is 0.